The summed E-state index contributed by atoms with van der Waals surface area (Å²) < 4.78 is 11.4. The first kappa shape index (κ1) is 19.6. The van der Waals surface area contributed by atoms with E-state index in [0.29, 0.717) is 12.6 Å². The molecule has 0 spiro atoms. The van der Waals surface area contributed by atoms with Crippen LogP contribution in [0.15, 0.2) is 48.5 Å². The van der Waals surface area contributed by atoms with E-state index in [1.165, 1.54) is 36.8 Å². The molecule has 4 heteroatoms. The summed E-state index contributed by atoms with van der Waals surface area (Å²) >= 11 is 0. The molecule has 136 valence electrons. The molecule has 1 fully saturated rings. The summed E-state index contributed by atoms with van der Waals surface area (Å²) in [6, 6.07) is 17.3. The molecular weight excluding hydrogens is 334 g/mol. The Balaban J connectivity index is 0.00000225. The smallest absolute Gasteiger partial charge is 0.161 e. The number of ether oxygens (including phenoxy) is 2. The molecule has 0 atom stereocenters. The highest BCUT2D eigenvalue weighted by molar-refractivity contribution is 5.85. The van der Waals surface area contributed by atoms with Crippen molar-refractivity contribution in [2.45, 2.75) is 44.7 Å². The number of benzene rings is 2. The molecule has 0 unspecified atom stereocenters. The van der Waals surface area contributed by atoms with Crippen molar-refractivity contribution < 1.29 is 9.47 Å². The SMILES string of the molecule is COc1cc(CNC2CCCC2)ccc1OCCc1ccccc1.Cl. The van der Waals surface area contributed by atoms with E-state index in [1.807, 2.05) is 12.1 Å². The Bertz CT molecular complexity index is 627. The highest BCUT2D eigenvalue weighted by Crippen LogP contribution is 2.28. The average molecular weight is 362 g/mol. The fraction of sp³-hybridized carbons (Fsp3) is 0.429. The van der Waals surface area contributed by atoms with Crippen LogP contribution in [0, 0.1) is 0 Å². The summed E-state index contributed by atoms with van der Waals surface area (Å²) in [6.45, 7) is 1.55. The van der Waals surface area contributed by atoms with Gasteiger partial charge in [0.2, 0.25) is 0 Å². The number of halogens is 1. The number of methoxy groups -OCH3 is 1. The van der Waals surface area contributed by atoms with Crippen molar-refractivity contribution in [2.75, 3.05) is 13.7 Å². The molecule has 1 aliphatic carbocycles. The average Bonchev–Trinajstić information content (AvgIpc) is 3.15. The minimum atomic E-state index is 0. The Morgan fingerprint density at radius 2 is 1.72 bits per heavy atom. The highest BCUT2D eigenvalue weighted by Gasteiger charge is 2.14. The van der Waals surface area contributed by atoms with E-state index in [1.54, 1.807) is 7.11 Å². The maximum Gasteiger partial charge on any atom is 0.161 e. The minimum Gasteiger partial charge on any atom is -0.493 e. The van der Waals surface area contributed by atoms with Crippen LogP contribution in [0.2, 0.25) is 0 Å². The predicted octanol–water partition coefficient (Wildman–Crippen LogP) is 4.77. The van der Waals surface area contributed by atoms with Gasteiger partial charge < -0.3 is 14.8 Å². The van der Waals surface area contributed by atoms with E-state index in [2.05, 4.69) is 41.7 Å². The molecule has 2 aromatic rings. The minimum absolute atomic E-state index is 0. The molecule has 0 aliphatic heterocycles. The summed E-state index contributed by atoms with van der Waals surface area (Å²) in [6.07, 6.45) is 6.22. The third-order valence-electron chi connectivity index (χ3n) is 4.67. The Kier molecular flexibility index (Phi) is 8.10. The van der Waals surface area contributed by atoms with Gasteiger partial charge in [-0.15, -0.1) is 12.4 Å². The van der Waals surface area contributed by atoms with Crippen LogP contribution < -0.4 is 14.8 Å². The lowest BCUT2D eigenvalue weighted by Crippen LogP contribution is -2.25. The molecule has 1 saturated carbocycles. The van der Waals surface area contributed by atoms with Crippen molar-refractivity contribution in [1.82, 2.24) is 5.32 Å². The molecular formula is C21H28ClNO2. The van der Waals surface area contributed by atoms with Crippen LogP contribution in [0.5, 0.6) is 11.5 Å². The Labute approximate surface area is 157 Å². The van der Waals surface area contributed by atoms with Crippen molar-refractivity contribution in [3.8, 4) is 11.5 Å². The first-order valence-electron chi connectivity index (χ1n) is 8.92. The Morgan fingerprint density at radius 3 is 2.44 bits per heavy atom. The maximum atomic E-state index is 5.92. The van der Waals surface area contributed by atoms with Gasteiger partial charge in [0.15, 0.2) is 11.5 Å². The maximum absolute atomic E-state index is 5.92. The summed E-state index contributed by atoms with van der Waals surface area (Å²) in [5.41, 5.74) is 2.53. The first-order chi connectivity index (χ1) is 11.8. The second-order valence-electron chi connectivity index (χ2n) is 6.43. The van der Waals surface area contributed by atoms with Crippen molar-refractivity contribution in [2.24, 2.45) is 0 Å². The third-order valence-corrected chi connectivity index (χ3v) is 4.67. The molecule has 0 aromatic heterocycles. The Morgan fingerprint density at radius 1 is 0.960 bits per heavy atom. The van der Waals surface area contributed by atoms with Crippen LogP contribution in [0.25, 0.3) is 0 Å². The standard InChI is InChI=1S/C21H27NO2.ClH/c1-23-21-15-18(16-22-19-9-5-6-10-19)11-12-20(21)24-14-13-17-7-3-2-4-8-17;/h2-4,7-8,11-12,15,19,22H,5-6,9-10,13-14,16H2,1H3;1H. The van der Waals surface area contributed by atoms with E-state index >= 15 is 0 Å². The topological polar surface area (TPSA) is 30.5 Å². The molecule has 1 N–H and O–H groups in total. The molecule has 1 aliphatic rings. The third kappa shape index (κ3) is 5.94. The van der Waals surface area contributed by atoms with E-state index in [0.717, 1.165) is 24.5 Å². The number of hydrogen-bond acceptors (Lipinski definition) is 3. The monoisotopic (exact) mass is 361 g/mol. The summed E-state index contributed by atoms with van der Waals surface area (Å²) in [4.78, 5) is 0. The molecule has 0 bridgehead atoms. The van der Waals surface area contributed by atoms with Gasteiger partial charge in [-0.1, -0.05) is 49.2 Å². The van der Waals surface area contributed by atoms with Crippen LogP contribution in [0.3, 0.4) is 0 Å². The fourth-order valence-corrected chi connectivity index (χ4v) is 3.26. The van der Waals surface area contributed by atoms with Crippen LogP contribution >= 0.6 is 12.4 Å². The molecule has 0 radical (unpaired) electrons. The van der Waals surface area contributed by atoms with E-state index in [-0.39, 0.29) is 12.4 Å². The van der Waals surface area contributed by atoms with Gasteiger partial charge in [-0.3, -0.25) is 0 Å². The van der Waals surface area contributed by atoms with Gasteiger partial charge in [-0.05, 0) is 36.1 Å². The molecule has 25 heavy (non-hydrogen) atoms. The zero-order valence-corrected chi connectivity index (χ0v) is 15.7. The normalized spacial score (nSPS) is 14.1. The molecule has 0 amide bonds. The fourth-order valence-electron chi connectivity index (χ4n) is 3.26. The lowest BCUT2D eigenvalue weighted by atomic mass is 10.1. The molecule has 0 saturated heterocycles. The quantitative estimate of drug-likeness (QED) is 0.734. The van der Waals surface area contributed by atoms with Crippen molar-refractivity contribution >= 4 is 12.4 Å². The van der Waals surface area contributed by atoms with Gasteiger partial charge >= 0.3 is 0 Å². The molecule has 2 aromatic carbocycles. The molecule has 3 rings (SSSR count). The number of hydrogen-bond donors (Lipinski definition) is 1. The number of rotatable bonds is 8. The van der Waals surface area contributed by atoms with Crippen LogP contribution in [0.1, 0.15) is 36.8 Å². The van der Waals surface area contributed by atoms with Crippen LogP contribution in [-0.4, -0.2) is 19.8 Å². The van der Waals surface area contributed by atoms with Crippen molar-refractivity contribution in [3.05, 3.63) is 59.7 Å². The highest BCUT2D eigenvalue weighted by atomic mass is 35.5. The van der Waals surface area contributed by atoms with Crippen LogP contribution in [-0.2, 0) is 13.0 Å². The molecule has 3 nitrogen and oxygen atoms in total. The lowest BCUT2D eigenvalue weighted by molar-refractivity contribution is 0.297. The van der Waals surface area contributed by atoms with Gasteiger partial charge in [0.05, 0.1) is 13.7 Å². The second kappa shape index (κ2) is 10.3. The van der Waals surface area contributed by atoms with E-state index in [9.17, 15) is 0 Å². The van der Waals surface area contributed by atoms with Gasteiger partial charge in [-0.25, -0.2) is 0 Å². The summed E-state index contributed by atoms with van der Waals surface area (Å²) in [7, 11) is 1.70. The zero-order valence-electron chi connectivity index (χ0n) is 14.9. The van der Waals surface area contributed by atoms with E-state index < -0.39 is 0 Å². The second-order valence-corrected chi connectivity index (χ2v) is 6.43. The van der Waals surface area contributed by atoms with Gasteiger partial charge in [0.1, 0.15) is 0 Å². The van der Waals surface area contributed by atoms with Gasteiger partial charge in [0, 0.05) is 19.0 Å². The van der Waals surface area contributed by atoms with E-state index in [4.69, 9.17) is 9.47 Å². The first-order valence-corrected chi connectivity index (χ1v) is 8.92. The predicted molar refractivity (Wildman–Crippen MR) is 105 cm³/mol. The summed E-state index contributed by atoms with van der Waals surface area (Å²) in [5.74, 6) is 1.63. The lowest BCUT2D eigenvalue weighted by Gasteiger charge is -2.15. The van der Waals surface area contributed by atoms with Crippen LogP contribution in [0.4, 0.5) is 0 Å². The number of nitrogens with one attached hydrogen (secondary N) is 1. The van der Waals surface area contributed by atoms with Crippen molar-refractivity contribution in [1.29, 1.82) is 0 Å². The largest absolute Gasteiger partial charge is 0.493 e. The summed E-state index contributed by atoms with van der Waals surface area (Å²) in [5, 5.41) is 3.64. The van der Waals surface area contributed by atoms with Gasteiger partial charge in [0.25, 0.3) is 0 Å². The Hall–Kier alpha value is -1.71. The molecule has 0 heterocycles. The van der Waals surface area contributed by atoms with Crippen molar-refractivity contribution in [3.63, 3.8) is 0 Å². The zero-order chi connectivity index (χ0) is 16.6. The van der Waals surface area contributed by atoms with Gasteiger partial charge in [-0.2, -0.15) is 0 Å².